The maximum atomic E-state index is 13.0. The fourth-order valence-electron chi connectivity index (χ4n) is 1.82. The summed E-state index contributed by atoms with van der Waals surface area (Å²) in [6.07, 6.45) is 0. The van der Waals surface area contributed by atoms with E-state index >= 15 is 0 Å². The van der Waals surface area contributed by atoms with Crippen molar-refractivity contribution in [3.63, 3.8) is 0 Å². The summed E-state index contributed by atoms with van der Waals surface area (Å²) in [7, 11) is -3.30. The lowest BCUT2D eigenvalue weighted by molar-refractivity contribution is 0.127. The molecule has 0 amide bonds. The maximum Gasteiger partial charge on any atom is 0.179 e. The van der Waals surface area contributed by atoms with Crippen molar-refractivity contribution in [1.82, 2.24) is 0 Å². The van der Waals surface area contributed by atoms with Crippen LogP contribution in [-0.2, 0) is 14.7 Å². The van der Waals surface area contributed by atoms with Crippen LogP contribution in [0, 0.1) is 5.82 Å². The summed E-state index contributed by atoms with van der Waals surface area (Å²) in [6.45, 7) is 0.0791. The number of hydrogen-bond acceptors (Lipinski definition) is 4. The van der Waals surface area contributed by atoms with Gasteiger partial charge in [0.2, 0.25) is 0 Å². The van der Waals surface area contributed by atoms with Crippen molar-refractivity contribution in [1.29, 1.82) is 0 Å². The topological polar surface area (TPSA) is 69.4 Å². The average Bonchev–Trinajstić information content (AvgIpc) is 2.39. The molecule has 0 radical (unpaired) electrons. The van der Waals surface area contributed by atoms with E-state index in [1.165, 1.54) is 12.1 Å². The van der Waals surface area contributed by atoms with Gasteiger partial charge in [0, 0.05) is 5.92 Å². The lowest BCUT2D eigenvalue weighted by atomic mass is 10.0. The van der Waals surface area contributed by atoms with Gasteiger partial charge in [-0.1, -0.05) is 0 Å². The van der Waals surface area contributed by atoms with Crippen LogP contribution in [-0.4, -0.2) is 20.8 Å². The van der Waals surface area contributed by atoms with Crippen LogP contribution in [0.2, 0.25) is 0 Å². The van der Waals surface area contributed by atoms with Gasteiger partial charge in [-0.05, 0) is 23.8 Å². The van der Waals surface area contributed by atoms with Crippen LogP contribution in [0.25, 0.3) is 0 Å². The molecular formula is C9H10FNO3S. The van der Waals surface area contributed by atoms with Gasteiger partial charge in [-0.2, -0.15) is 0 Å². The largest absolute Gasteiger partial charge is 0.304 e. The second kappa shape index (κ2) is 3.55. The molecule has 0 saturated carbocycles. The van der Waals surface area contributed by atoms with E-state index in [4.69, 9.17) is 5.90 Å². The number of halogens is 1. The highest BCUT2D eigenvalue weighted by Gasteiger charge is 2.34. The van der Waals surface area contributed by atoms with Crippen molar-refractivity contribution in [3.05, 3.63) is 29.6 Å². The Morgan fingerprint density at radius 1 is 1.53 bits per heavy atom. The quantitative estimate of drug-likeness (QED) is 0.597. The zero-order valence-electron chi connectivity index (χ0n) is 7.81. The molecular weight excluding hydrogens is 221 g/mol. The van der Waals surface area contributed by atoms with Gasteiger partial charge in [-0.15, -0.1) is 0 Å². The van der Waals surface area contributed by atoms with E-state index in [0.29, 0.717) is 5.56 Å². The lowest BCUT2D eigenvalue weighted by Gasteiger charge is -2.06. The highest BCUT2D eigenvalue weighted by Crippen LogP contribution is 2.35. The molecule has 1 atom stereocenters. The Hall–Kier alpha value is -0.980. The molecule has 1 aromatic rings. The second-order valence-electron chi connectivity index (χ2n) is 3.49. The van der Waals surface area contributed by atoms with E-state index in [1.54, 1.807) is 0 Å². The van der Waals surface area contributed by atoms with E-state index in [-0.39, 0.29) is 23.2 Å². The monoisotopic (exact) mass is 231 g/mol. The van der Waals surface area contributed by atoms with Crippen LogP contribution < -0.4 is 5.90 Å². The summed E-state index contributed by atoms with van der Waals surface area (Å²) in [6, 6.07) is 3.65. The summed E-state index contributed by atoms with van der Waals surface area (Å²) >= 11 is 0. The fourth-order valence-corrected chi connectivity index (χ4v) is 3.67. The number of rotatable bonds is 2. The van der Waals surface area contributed by atoms with Crippen LogP contribution in [0.1, 0.15) is 11.5 Å². The minimum atomic E-state index is -3.30. The van der Waals surface area contributed by atoms with E-state index in [9.17, 15) is 12.8 Å². The third-order valence-electron chi connectivity index (χ3n) is 2.46. The average molecular weight is 231 g/mol. The molecule has 82 valence electrons. The van der Waals surface area contributed by atoms with Gasteiger partial charge in [-0.25, -0.2) is 18.7 Å². The molecule has 1 heterocycles. The van der Waals surface area contributed by atoms with Crippen molar-refractivity contribution < 1.29 is 17.6 Å². The number of nitrogens with two attached hydrogens (primary N) is 1. The van der Waals surface area contributed by atoms with E-state index in [2.05, 4.69) is 4.84 Å². The molecule has 1 aliphatic heterocycles. The molecule has 0 spiro atoms. The molecule has 0 saturated heterocycles. The first-order chi connectivity index (χ1) is 7.04. The van der Waals surface area contributed by atoms with Crippen LogP contribution in [0.15, 0.2) is 23.1 Å². The van der Waals surface area contributed by atoms with Crippen LogP contribution in [0.5, 0.6) is 0 Å². The molecule has 15 heavy (non-hydrogen) atoms. The zero-order valence-corrected chi connectivity index (χ0v) is 8.63. The Morgan fingerprint density at radius 3 is 2.93 bits per heavy atom. The Kier molecular flexibility index (Phi) is 2.49. The molecule has 1 unspecified atom stereocenters. The van der Waals surface area contributed by atoms with Crippen molar-refractivity contribution in [2.75, 3.05) is 12.4 Å². The normalized spacial score (nSPS) is 22.7. The fraction of sp³-hybridized carbons (Fsp3) is 0.333. The van der Waals surface area contributed by atoms with E-state index < -0.39 is 15.7 Å². The van der Waals surface area contributed by atoms with Gasteiger partial charge in [0.1, 0.15) is 5.82 Å². The molecule has 2 rings (SSSR count). The molecule has 0 bridgehead atoms. The third-order valence-corrected chi connectivity index (χ3v) is 4.35. The van der Waals surface area contributed by atoms with Gasteiger partial charge in [0.15, 0.2) is 9.84 Å². The zero-order chi connectivity index (χ0) is 11.1. The first-order valence-corrected chi connectivity index (χ1v) is 6.03. The second-order valence-corrected chi connectivity index (χ2v) is 5.50. The van der Waals surface area contributed by atoms with Crippen molar-refractivity contribution >= 4 is 9.84 Å². The summed E-state index contributed by atoms with van der Waals surface area (Å²) in [5.74, 6) is 4.02. The molecule has 0 aromatic heterocycles. The molecule has 1 aromatic carbocycles. The van der Waals surface area contributed by atoms with Crippen molar-refractivity contribution in [2.24, 2.45) is 5.90 Å². The van der Waals surface area contributed by atoms with Gasteiger partial charge in [-0.3, -0.25) is 0 Å². The number of hydrogen-bond donors (Lipinski definition) is 1. The number of sulfone groups is 1. The highest BCUT2D eigenvalue weighted by molar-refractivity contribution is 7.91. The van der Waals surface area contributed by atoms with Crippen molar-refractivity contribution in [2.45, 2.75) is 10.8 Å². The molecule has 2 N–H and O–H groups in total. The van der Waals surface area contributed by atoms with Gasteiger partial charge >= 0.3 is 0 Å². The van der Waals surface area contributed by atoms with Gasteiger partial charge in [0.25, 0.3) is 0 Å². The van der Waals surface area contributed by atoms with E-state index in [1.807, 2.05) is 0 Å². The van der Waals surface area contributed by atoms with Gasteiger partial charge < -0.3 is 4.84 Å². The van der Waals surface area contributed by atoms with Crippen LogP contribution in [0.3, 0.4) is 0 Å². The molecule has 6 heteroatoms. The van der Waals surface area contributed by atoms with E-state index in [0.717, 1.165) is 6.07 Å². The summed E-state index contributed by atoms with van der Waals surface area (Å²) in [4.78, 5) is 4.61. The molecule has 0 fully saturated rings. The predicted octanol–water partition coefficient (Wildman–Crippen LogP) is 0.587. The van der Waals surface area contributed by atoms with Crippen LogP contribution in [0.4, 0.5) is 4.39 Å². The predicted molar refractivity (Wildman–Crippen MR) is 51.3 cm³/mol. The summed E-state index contributed by atoms with van der Waals surface area (Å²) in [5.41, 5.74) is 0.459. The molecule has 1 aliphatic rings. The summed E-state index contributed by atoms with van der Waals surface area (Å²) < 4.78 is 36.2. The van der Waals surface area contributed by atoms with Crippen molar-refractivity contribution in [3.8, 4) is 0 Å². The lowest BCUT2D eigenvalue weighted by Crippen LogP contribution is -2.13. The Bertz CT molecular complexity index is 486. The minimum Gasteiger partial charge on any atom is -0.304 e. The Balaban J connectivity index is 2.53. The van der Waals surface area contributed by atoms with Gasteiger partial charge in [0.05, 0.1) is 17.3 Å². The number of fused-ring (bicyclic) bond motifs is 1. The Morgan fingerprint density at radius 2 is 2.27 bits per heavy atom. The summed E-state index contributed by atoms with van der Waals surface area (Å²) in [5, 5.41) is 0. The minimum absolute atomic E-state index is 0.0665. The molecule has 4 nitrogen and oxygen atoms in total. The number of benzene rings is 1. The highest BCUT2D eigenvalue weighted by atomic mass is 32.2. The maximum absolute atomic E-state index is 13.0. The standard InChI is InChI=1S/C9H10FNO3S/c10-7-1-2-9-8(3-7)6(4-14-11)5-15(9,12)13/h1-3,6H,4-5,11H2. The molecule has 0 aliphatic carbocycles. The third kappa shape index (κ3) is 1.75. The Labute approximate surface area is 86.7 Å². The first kappa shape index (κ1) is 10.5. The first-order valence-electron chi connectivity index (χ1n) is 4.38. The van der Waals surface area contributed by atoms with Crippen LogP contribution >= 0.6 is 0 Å². The SMILES string of the molecule is NOCC1CS(=O)(=O)c2ccc(F)cc21. The smallest absolute Gasteiger partial charge is 0.179 e.